The van der Waals surface area contributed by atoms with E-state index in [-0.39, 0.29) is 0 Å². The van der Waals surface area contributed by atoms with Crippen molar-refractivity contribution in [3.63, 3.8) is 0 Å². The number of ether oxygens (including phenoxy) is 1. The fraction of sp³-hybridized carbons (Fsp3) is 0.783. The van der Waals surface area contributed by atoms with E-state index in [0.29, 0.717) is 17.8 Å². The molecule has 28 heavy (non-hydrogen) atoms. The lowest BCUT2D eigenvalue weighted by molar-refractivity contribution is -0.390. The van der Waals surface area contributed by atoms with Gasteiger partial charge in [0, 0.05) is 37.4 Å². The average Bonchev–Trinajstić information content (AvgIpc) is 3.08. The number of nitrogens with zero attached hydrogens (tertiary/aromatic N) is 1. The van der Waals surface area contributed by atoms with Gasteiger partial charge in [-0.2, -0.15) is 9.78 Å². The van der Waals surface area contributed by atoms with Gasteiger partial charge in [-0.05, 0) is 81.4 Å². The Morgan fingerprint density at radius 2 is 1.71 bits per heavy atom. The Morgan fingerprint density at radius 1 is 0.964 bits per heavy atom. The molecule has 6 fully saturated rings. The summed E-state index contributed by atoms with van der Waals surface area (Å²) in [7, 11) is 0. The van der Waals surface area contributed by atoms with Crippen molar-refractivity contribution >= 4 is 0 Å². The maximum absolute atomic E-state index is 6.80. The minimum atomic E-state index is -0.479. The van der Waals surface area contributed by atoms with E-state index in [1.165, 1.54) is 32.1 Å². The molecule has 0 unspecified atom stereocenters. The normalized spacial score (nSPS) is 46.6. The quantitative estimate of drug-likeness (QED) is 0.789. The molecule has 2 heterocycles. The topological polar surface area (TPSA) is 52.6 Å². The zero-order chi connectivity index (χ0) is 18.6. The number of rotatable bonds is 4. The van der Waals surface area contributed by atoms with E-state index in [1.54, 1.807) is 0 Å². The van der Waals surface area contributed by atoms with Crippen LogP contribution in [0.1, 0.15) is 63.5 Å². The highest BCUT2D eigenvalue weighted by Crippen LogP contribution is 2.63. The van der Waals surface area contributed by atoms with Gasteiger partial charge in [-0.1, -0.05) is 6.07 Å². The Labute approximate surface area is 167 Å². The van der Waals surface area contributed by atoms with Crippen molar-refractivity contribution in [3.05, 3.63) is 30.1 Å². The molecule has 1 aliphatic heterocycles. The van der Waals surface area contributed by atoms with Crippen LogP contribution in [0.2, 0.25) is 0 Å². The summed E-state index contributed by atoms with van der Waals surface area (Å²) < 4.78 is 6.80. The first-order valence-electron chi connectivity index (χ1n) is 11.4. The van der Waals surface area contributed by atoms with Crippen molar-refractivity contribution in [2.45, 2.75) is 75.9 Å². The zero-order valence-corrected chi connectivity index (χ0v) is 16.6. The number of aromatic nitrogens is 1. The van der Waals surface area contributed by atoms with Crippen LogP contribution in [-0.2, 0) is 21.1 Å². The second kappa shape index (κ2) is 6.76. The van der Waals surface area contributed by atoms with Gasteiger partial charge >= 0.3 is 0 Å². The van der Waals surface area contributed by atoms with Crippen molar-refractivity contribution in [1.82, 2.24) is 10.3 Å². The fourth-order valence-electron chi connectivity index (χ4n) is 7.02. The standard InChI is InChI=1S/C23H32N2O3/c1-2-8-25-21(3-1)15-24-14-16-4-6-22(7-5-16)26-23(28-27-22)19-10-17-9-18(12-19)13-20(23)11-17/h1-3,8,16-20,24H,4-7,9-15H2. The van der Waals surface area contributed by atoms with Crippen molar-refractivity contribution in [3.8, 4) is 0 Å². The third kappa shape index (κ3) is 2.94. The Bertz CT molecular complexity index is 673. The van der Waals surface area contributed by atoms with Gasteiger partial charge in [0.2, 0.25) is 11.6 Å². The number of hydrogen-bond acceptors (Lipinski definition) is 5. The summed E-state index contributed by atoms with van der Waals surface area (Å²) in [6, 6.07) is 6.08. The van der Waals surface area contributed by atoms with E-state index in [4.69, 9.17) is 14.5 Å². The van der Waals surface area contributed by atoms with Crippen LogP contribution < -0.4 is 5.32 Å². The van der Waals surface area contributed by atoms with E-state index in [1.807, 2.05) is 18.3 Å². The zero-order valence-electron chi connectivity index (χ0n) is 16.6. The van der Waals surface area contributed by atoms with E-state index in [9.17, 15) is 0 Å². The fourth-order valence-corrected chi connectivity index (χ4v) is 7.02. The summed E-state index contributed by atoms with van der Waals surface area (Å²) in [5, 5.41) is 3.57. The predicted molar refractivity (Wildman–Crippen MR) is 104 cm³/mol. The molecule has 1 N–H and O–H groups in total. The number of hydrogen-bond donors (Lipinski definition) is 1. The molecule has 0 amide bonds. The molecule has 1 aromatic heterocycles. The molecule has 0 aromatic carbocycles. The lowest BCUT2D eigenvalue weighted by Gasteiger charge is -2.57. The van der Waals surface area contributed by atoms with E-state index in [2.05, 4.69) is 16.4 Å². The molecule has 5 aliphatic carbocycles. The maximum atomic E-state index is 6.80. The molecule has 5 saturated carbocycles. The van der Waals surface area contributed by atoms with Crippen LogP contribution in [0.3, 0.4) is 0 Å². The second-order valence-corrected chi connectivity index (χ2v) is 10.1. The lowest BCUT2D eigenvalue weighted by atomic mass is 9.53. The molecular formula is C23H32N2O3. The van der Waals surface area contributed by atoms with Crippen molar-refractivity contribution in [2.75, 3.05) is 6.54 Å². The molecule has 1 aromatic rings. The minimum Gasteiger partial charge on any atom is -0.312 e. The van der Waals surface area contributed by atoms with Gasteiger partial charge in [0.05, 0.1) is 5.69 Å². The van der Waals surface area contributed by atoms with Gasteiger partial charge in [-0.25, -0.2) is 0 Å². The third-order valence-electron chi connectivity index (χ3n) is 8.28. The van der Waals surface area contributed by atoms with Crippen LogP contribution in [0.15, 0.2) is 24.4 Å². The van der Waals surface area contributed by atoms with Crippen LogP contribution >= 0.6 is 0 Å². The Morgan fingerprint density at radius 3 is 2.39 bits per heavy atom. The van der Waals surface area contributed by atoms with Gasteiger partial charge in [-0.3, -0.25) is 4.98 Å². The van der Waals surface area contributed by atoms with Gasteiger partial charge in [0.1, 0.15) is 0 Å². The summed E-state index contributed by atoms with van der Waals surface area (Å²) in [4.78, 5) is 16.6. The molecule has 0 atom stereocenters. The van der Waals surface area contributed by atoms with Gasteiger partial charge in [-0.15, -0.1) is 0 Å². The SMILES string of the molecule is c1ccc(CNCC2CCC3(CC2)OOC2(O3)C3CC4CC(C3)CC2C4)nc1. The lowest BCUT2D eigenvalue weighted by Crippen LogP contribution is -2.59. The smallest absolute Gasteiger partial charge is 0.210 e. The Kier molecular flexibility index (Phi) is 4.30. The summed E-state index contributed by atoms with van der Waals surface area (Å²) in [5.74, 6) is 2.72. The van der Waals surface area contributed by atoms with E-state index < -0.39 is 11.6 Å². The summed E-state index contributed by atoms with van der Waals surface area (Å²) in [6.45, 7) is 1.88. The summed E-state index contributed by atoms with van der Waals surface area (Å²) >= 11 is 0. The summed E-state index contributed by atoms with van der Waals surface area (Å²) in [6.07, 6.45) is 12.6. The molecule has 1 saturated heterocycles. The van der Waals surface area contributed by atoms with Gasteiger partial charge in [0.25, 0.3) is 0 Å². The molecule has 5 nitrogen and oxygen atoms in total. The Balaban J connectivity index is 1.04. The number of nitrogens with one attached hydrogen (secondary N) is 1. The van der Waals surface area contributed by atoms with Crippen LogP contribution in [-0.4, -0.2) is 23.1 Å². The van der Waals surface area contributed by atoms with Crippen LogP contribution in [0.5, 0.6) is 0 Å². The monoisotopic (exact) mass is 384 g/mol. The number of pyridine rings is 1. The van der Waals surface area contributed by atoms with Gasteiger partial charge in [0.15, 0.2) is 0 Å². The van der Waals surface area contributed by atoms with Crippen LogP contribution in [0.25, 0.3) is 0 Å². The molecule has 6 aliphatic rings. The summed E-state index contributed by atoms with van der Waals surface area (Å²) in [5.41, 5.74) is 1.11. The van der Waals surface area contributed by atoms with Crippen molar-refractivity contribution < 1.29 is 14.5 Å². The van der Waals surface area contributed by atoms with Gasteiger partial charge < -0.3 is 10.1 Å². The maximum Gasteiger partial charge on any atom is 0.210 e. The molecule has 152 valence electrons. The first-order chi connectivity index (χ1) is 13.7. The molecule has 7 rings (SSSR count). The van der Waals surface area contributed by atoms with Crippen LogP contribution in [0, 0.1) is 29.6 Å². The second-order valence-electron chi connectivity index (χ2n) is 10.1. The molecule has 4 bridgehead atoms. The first-order valence-corrected chi connectivity index (χ1v) is 11.4. The molecule has 0 radical (unpaired) electrons. The van der Waals surface area contributed by atoms with Crippen LogP contribution in [0.4, 0.5) is 0 Å². The highest BCUT2D eigenvalue weighted by Gasteiger charge is 2.66. The molecule has 5 heteroatoms. The third-order valence-corrected chi connectivity index (χ3v) is 8.28. The first kappa shape index (κ1) is 17.8. The largest absolute Gasteiger partial charge is 0.312 e. The predicted octanol–water partition coefficient (Wildman–Crippen LogP) is 4.19. The molecular weight excluding hydrogens is 352 g/mol. The van der Waals surface area contributed by atoms with E-state index in [0.717, 1.165) is 56.3 Å². The molecule has 2 spiro atoms. The van der Waals surface area contributed by atoms with Crippen molar-refractivity contribution in [1.29, 1.82) is 0 Å². The van der Waals surface area contributed by atoms with E-state index >= 15 is 0 Å². The average molecular weight is 385 g/mol. The van der Waals surface area contributed by atoms with Crippen molar-refractivity contribution in [2.24, 2.45) is 29.6 Å². The highest BCUT2D eigenvalue weighted by molar-refractivity contribution is 5.06. The highest BCUT2D eigenvalue weighted by atomic mass is 17.3. The minimum absolute atomic E-state index is 0.419. The Hall–Kier alpha value is -1.01.